The number of aromatic hydroxyl groups is 2. The SMILES string of the molecule is C[C@]1(C2=NOC(CNC(=O)c3ccc(O)c(O)c3Cl)C2)[C@H](C(=O)O)N2C(=O)C[C@H]2S1(=O)=O. The monoisotopic (exact) mass is 487 g/mol. The zero-order valence-electron chi connectivity index (χ0n) is 16.5. The summed E-state index contributed by atoms with van der Waals surface area (Å²) in [5.41, 5.74) is -0.160. The van der Waals surface area contributed by atoms with Crippen molar-refractivity contribution < 1.29 is 43.0 Å². The van der Waals surface area contributed by atoms with Crippen molar-refractivity contribution in [2.75, 3.05) is 6.54 Å². The molecule has 1 aromatic rings. The summed E-state index contributed by atoms with van der Waals surface area (Å²) >= 11 is 5.86. The largest absolute Gasteiger partial charge is 0.504 e. The topological polar surface area (TPSA) is 183 Å². The van der Waals surface area contributed by atoms with Gasteiger partial charge < -0.3 is 30.4 Å². The van der Waals surface area contributed by atoms with E-state index in [0.717, 1.165) is 11.0 Å². The van der Waals surface area contributed by atoms with E-state index in [1.54, 1.807) is 0 Å². The molecule has 4 atom stereocenters. The van der Waals surface area contributed by atoms with Gasteiger partial charge in [0.05, 0.1) is 29.3 Å². The summed E-state index contributed by atoms with van der Waals surface area (Å²) in [7, 11) is -4.09. The van der Waals surface area contributed by atoms with Crippen LogP contribution in [0.1, 0.15) is 30.1 Å². The van der Waals surface area contributed by atoms with Crippen LogP contribution in [0.3, 0.4) is 0 Å². The quantitative estimate of drug-likeness (QED) is 0.323. The second kappa shape index (κ2) is 7.24. The number of halogens is 1. The summed E-state index contributed by atoms with van der Waals surface area (Å²) in [4.78, 5) is 42.2. The van der Waals surface area contributed by atoms with Gasteiger partial charge >= 0.3 is 5.97 Å². The van der Waals surface area contributed by atoms with Crippen molar-refractivity contribution in [1.82, 2.24) is 10.2 Å². The predicted octanol–water partition coefficient (Wildman–Crippen LogP) is -0.175. The highest BCUT2D eigenvalue weighted by Crippen LogP contribution is 2.48. The van der Waals surface area contributed by atoms with Crippen LogP contribution in [0.4, 0.5) is 0 Å². The number of β-lactam (4-membered cyclic amide) rings is 1. The molecule has 0 bridgehead atoms. The Morgan fingerprint density at radius 2 is 2.03 bits per heavy atom. The van der Waals surface area contributed by atoms with Crippen LogP contribution in [0.15, 0.2) is 17.3 Å². The van der Waals surface area contributed by atoms with Crippen LogP contribution < -0.4 is 5.32 Å². The van der Waals surface area contributed by atoms with Gasteiger partial charge in [0.2, 0.25) is 5.91 Å². The zero-order chi connectivity index (χ0) is 23.6. The molecule has 2 fully saturated rings. The smallest absolute Gasteiger partial charge is 0.328 e. The molecule has 3 aliphatic heterocycles. The first kappa shape index (κ1) is 22.1. The van der Waals surface area contributed by atoms with E-state index in [4.69, 9.17) is 16.4 Å². The average molecular weight is 488 g/mol. The Morgan fingerprint density at radius 3 is 2.66 bits per heavy atom. The van der Waals surface area contributed by atoms with E-state index < -0.39 is 61.4 Å². The van der Waals surface area contributed by atoms with Crippen molar-refractivity contribution in [2.45, 2.75) is 42.0 Å². The number of hydrogen-bond acceptors (Lipinski definition) is 9. The first-order chi connectivity index (χ1) is 14.9. The van der Waals surface area contributed by atoms with E-state index in [1.165, 1.54) is 13.0 Å². The Bertz CT molecular complexity index is 1180. The molecule has 14 heteroatoms. The number of fused-ring (bicyclic) bond motifs is 1. The number of amides is 2. The molecule has 12 nitrogen and oxygen atoms in total. The van der Waals surface area contributed by atoms with Crippen LogP contribution in [0, 0.1) is 0 Å². The summed E-state index contributed by atoms with van der Waals surface area (Å²) in [6.45, 7) is 1.08. The number of nitrogens with one attached hydrogen (secondary N) is 1. The molecular weight excluding hydrogens is 470 g/mol. The fourth-order valence-electron chi connectivity index (χ4n) is 4.21. The lowest BCUT2D eigenvalue weighted by molar-refractivity contribution is -0.156. The molecule has 0 radical (unpaired) electrons. The number of carbonyl (C=O) groups excluding carboxylic acids is 2. The number of benzene rings is 1. The molecule has 0 spiro atoms. The summed E-state index contributed by atoms with van der Waals surface area (Å²) in [5, 5.41) is 33.4. The molecule has 2 saturated heterocycles. The normalized spacial score (nSPS) is 30.2. The summed E-state index contributed by atoms with van der Waals surface area (Å²) in [5.74, 6) is -3.87. The minimum absolute atomic E-state index is 0.0494. The summed E-state index contributed by atoms with van der Waals surface area (Å²) < 4.78 is 24.1. The maximum atomic E-state index is 13.1. The highest BCUT2D eigenvalue weighted by atomic mass is 35.5. The number of oxime groups is 1. The molecule has 1 unspecified atom stereocenters. The Hall–Kier alpha value is -3.06. The van der Waals surface area contributed by atoms with Gasteiger partial charge in [0.15, 0.2) is 27.4 Å². The summed E-state index contributed by atoms with van der Waals surface area (Å²) in [6.07, 6.45) is -1.18. The van der Waals surface area contributed by atoms with Gasteiger partial charge in [0, 0.05) is 6.42 Å². The van der Waals surface area contributed by atoms with Gasteiger partial charge in [0.1, 0.15) is 16.2 Å². The van der Waals surface area contributed by atoms with Crippen LogP contribution in [-0.4, -0.2) is 80.9 Å². The van der Waals surface area contributed by atoms with Crippen molar-refractivity contribution in [2.24, 2.45) is 5.16 Å². The fourth-order valence-corrected chi connectivity index (χ4v) is 6.90. The third-order valence-electron chi connectivity index (χ3n) is 6.07. The van der Waals surface area contributed by atoms with Crippen LogP contribution in [0.25, 0.3) is 0 Å². The molecule has 32 heavy (non-hydrogen) atoms. The second-order valence-corrected chi connectivity index (χ2v) is 10.7. The number of carbonyl (C=O) groups is 3. The van der Waals surface area contributed by atoms with E-state index >= 15 is 0 Å². The molecular formula is C18H18ClN3O9S. The van der Waals surface area contributed by atoms with E-state index in [9.17, 15) is 38.1 Å². The lowest BCUT2D eigenvalue weighted by atomic mass is 9.89. The molecule has 0 saturated carbocycles. The maximum absolute atomic E-state index is 13.1. The van der Waals surface area contributed by atoms with E-state index in [1.807, 2.05) is 0 Å². The number of phenolic OH excluding ortho intramolecular Hbond substituents is 2. The van der Waals surface area contributed by atoms with Gasteiger partial charge in [-0.05, 0) is 19.1 Å². The molecule has 3 heterocycles. The number of hydrogen-bond donors (Lipinski definition) is 4. The third kappa shape index (κ3) is 2.91. The Kier molecular flexibility index (Phi) is 5.01. The van der Waals surface area contributed by atoms with Gasteiger partial charge in [-0.25, -0.2) is 13.2 Å². The van der Waals surface area contributed by atoms with Gasteiger partial charge in [-0.15, -0.1) is 0 Å². The minimum Gasteiger partial charge on any atom is -0.504 e. The molecule has 172 valence electrons. The molecule has 0 aromatic heterocycles. The van der Waals surface area contributed by atoms with Gasteiger partial charge in [0.25, 0.3) is 5.91 Å². The Balaban J connectivity index is 1.48. The van der Waals surface area contributed by atoms with Crippen molar-refractivity contribution >= 4 is 44.9 Å². The van der Waals surface area contributed by atoms with Crippen LogP contribution in [0.5, 0.6) is 11.5 Å². The predicted molar refractivity (Wildman–Crippen MR) is 108 cm³/mol. The fraction of sp³-hybridized carbons (Fsp3) is 0.444. The van der Waals surface area contributed by atoms with E-state index in [-0.39, 0.29) is 35.7 Å². The minimum atomic E-state index is -4.09. The number of carboxylic acids is 1. The standard InChI is InChI=1S/C18H18ClN3O9S/c1-18(15(17(27)28)22-11(24)5-12(22)32(18,29)30)10-4-7(31-21-10)6-20-16(26)8-2-3-9(23)14(25)13(8)19/h2-3,7,12,15,23,25H,4-6H2,1H3,(H,20,26)(H,27,28)/t7?,12-,15+,18+/m1/s1. The van der Waals surface area contributed by atoms with Gasteiger partial charge in [-0.1, -0.05) is 16.8 Å². The van der Waals surface area contributed by atoms with Crippen LogP contribution in [-0.2, 0) is 24.3 Å². The van der Waals surface area contributed by atoms with Crippen LogP contribution in [0.2, 0.25) is 5.02 Å². The van der Waals surface area contributed by atoms with Crippen LogP contribution >= 0.6 is 11.6 Å². The Morgan fingerprint density at radius 1 is 1.34 bits per heavy atom. The summed E-state index contributed by atoms with van der Waals surface area (Å²) in [6, 6.07) is 0.662. The highest BCUT2D eigenvalue weighted by Gasteiger charge is 2.72. The van der Waals surface area contributed by atoms with Crippen molar-refractivity contribution in [3.8, 4) is 11.5 Å². The van der Waals surface area contributed by atoms with Crippen molar-refractivity contribution in [1.29, 1.82) is 0 Å². The molecule has 4 N–H and O–H groups in total. The number of aliphatic carboxylic acids is 1. The number of phenols is 2. The molecule has 2 amide bonds. The Labute approximate surface area is 186 Å². The lowest BCUT2D eigenvalue weighted by Crippen LogP contribution is -2.58. The number of rotatable bonds is 5. The van der Waals surface area contributed by atoms with E-state index in [0.29, 0.717) is 0 Å². The maximum Gasteiger partial charge on any atom is 0.328 e. The first-order valence-corrected chi connectivity index (χ1v) is 11.3. The molecule has 3 aliphatic rings. The highest BCUT2D eigenvalue weighted by molar-refractivity contribution is 7.94. The third-order valence-corrected chi connectivity index (χ3v) is 9.20. The van der Waals surface area contributed by atoms with E-state index in [2.05, 4.69) is 10.5 Å². The average Bonchev–Trinajstić information content (AvgIpc) is 3.25. The number of nitrogens with zero attached hydrogens (tertiary/aromatic N) is 2. The van der Waals surface area contributed by atoms with Gasteiger partial charge in [-0.2, -0.15) is 0 Å². The molecule has 4 rings (SSSR count). The zero-order valence-corrected chi connectivity index (χ0v) is 18.1. The number of carboxylic acid groups (broad SMARTS) is 1. The lowest BCUT2D eigenvalue weighted by Gasteiger charge is -2.35. The molecule has 1 aromatic carbocycles. The van der Waals surface area contributed by atoms with Crippen molar-refractivity contribution in [3.05, 3.63) is 22.7 Å². The van der Waals surface area contributed by atoms with Crippen molar-refractivity contribution in [3.63, 3.8) is 0 Å². The first-order valence-electron chi connectivity index (χ1n) is 9.40. The second-order valence-electron chi connectivity index (χ2n) is 7.83. The number of sulfone groups is 1. The van der Waals surface area contributed by atoms with Gasteiger partial charge in [-0.3, -0.25) is 9.59 Å². The molecule has 0 aliphatic carbocycles.